The van der Waals surface area contributed by atoms with Crippen molar-refractivity contribution in [3.63, 3.8) is 0 Å². The van der Waals surface area contributed by atoms with E-state index >= 15 is 0 Å². The Labute approximate surface area is 180 Å². The first-order valence-electron chi connectivity index (χ1n) is 11.1. The smallest absolute Gasteiger partial charge is 0.326 e. The molecule has 3 heterocycles. The Bertz CT molecular complexity index is 1310. The first-order valence-corrected chi connectivity index (χ1v) is 11.1. The van der Waals surface area contributed by atoms with Crippen molar-refractivity contribution in [2.45, 2.75) is 45.7 Å². The molecule has 0 spiro atoms. The molecule has 0 fully saturated rings. The molecule has 0 radical (unpaired) electrons. The molecule has 0 saturated heterocycles. The van der Waals surface area contributed by atoms with Crippen LogP contribution in [-0.4, -0.2) is 31.9 Å². The van der Waals surface area contributed by atoms with Gasteiger partial charge >= 0.3 is 5.69 Å². The highest BCUT2D eigenvalue weighted by molar-refractivity contribution is 5.86. The Balaban J connectivity index is 1.42. The number of nitrogens with zero attached hydrogens (tertiary/aromatic N) is 2. The highest BCUT2D eigenvalue weighted by atomic mass is 16.2. The SMILES string of the molecule is CC(C)CC1c2[nH]c3ccccc3c2CCN1C(=O)CCn1c(=O)[nH]c2ccccc21. The van der Waals surface area contributed by atoms with Gasteiger partial charge in [0, 0.05) is 36.1 Å². The molecular weight excluding hydrogens is 388 g/mol. The predicted octanol–water partition coefficient (Wildman–Crippen LogP) is 4.37. The number of carbonyl (C=O) groups excluding carboxylic acids is 1. The summed E-state index contributed by atoms with van der Waals surface area (Å²) in [5.74, 6) is 0.570. The van der Waals surface area contributed by atoms with Crippen LogP contribution in [0, 0.1) is 5.92 Å². The van der Waals surface area contributed by atoms with E-state index in [1.807, 2.05) is 35.2 Å². The number of hydrogen-bond donors (Lipinski definition) is 2. The summed E-state index contributed by atoms with van der Waals surface area (Å²) in [6.45, 7) is 5.50. The molecule has 1 unspecified atom stereocenters. The molecule has 6 nitrogen and oxygen atoms in total. The van der Waals surface area contributed by atoms with Gasteiger partial charge in [-0.2, -0.15) is 0 Å². The summed E-state index contributed by atoms with van der Waals surface area (Å²) < 4.78 is 1.67. The number of benzene rings is 2. The molecule has 6 heteroatoms. The van der Waals surface area contributed by atoms with Gasteiger partial charge in [-0.3, -0.25) is 9.36 Å². The fourth-order valence-electron chi connectivity index (χ4n) is 4.99. The Morgan fingerprint density at radius 1 is 1.06 bits per heavy atom. The molecule has 4 aromatic rings. The van der Waals surface area contributed by atoms with Crippen molar-refractivity contribution >= 4 is 27.8 Å². The summed E-state index contributed by atoms with van der Waals surface area (Å²) in [5.41, 5.74) is 5.15. The molecule has 0 aliphatic carbocycles. The Morgan fingerprint density at radius 3 is 2.61 bits per heavy atom. The molecular formula is C25H28N4O2. The third-order valence-electron chi connectivity index (χ3n) is 6.40. The van der Waals surface area contributed by atoms with Gasteiger partial charge in [0.2, 0.25) is 5.91 Å². The number of rotatable bonds is 5. The number of aromatic amines is 2. The van der Waals surface area contributed by atoms with Gasteiger partial charge < -0.3 is 14.9 Å². The average Bonchev–Trinajstić information content (AvgIpc) is 3.29. The zero-order valence-corrected chi connectivity index (χ0v) is 18.0. The van der Waals surface area contributed by atoms with Crippen LogP contribution in [0.5, 0.6) is 0 Å². The summed E-state index contributed by atoms with van der Waals surface area (Å²) in [4.78, 5) is 34.2. The second-order valence-electron chi connectivity index (χ2n) is 8.89. The van der Waals surface area contributed by atoms with Gasteiger partial charge in [-0.15, -0.1) is 0 Å². The third kappa shape index (κ3) is 3.46. The minimum atomic E-state index is -0.163. The van der Waals surface area contributed by atoms with Gasteiger partial charge in [0.25, 0.3) is 0 Å². The fraction of sp³-hybridized carbons (Fsp3) is 0.360. The quantitative estimate of drug-likeness (QED) is 0.507. The molecule has 2 aromatic heterocycles. The molecule has 1 atom stereocenters. The van der Waals surface area contributed by atoms with Gasteiger partial charge in [-0.05, 0) is 42.5 Å². The monoisotopic (exact) mass is 416 g/mol. The average molecular weight is 417 g/mol. The number of hydrogen-bond acceptors (Lipinski definition) is 2. The van der Waals surface area contributed by atoms with Crippen molar-refractivity contribution in [1.82, 2.24) is 19.4 Å². The van der Waals surface area contributed by atoms with Crippen LogP contribution in [0.2, 0.25) is 0 Å². The molecule has 31 heavy (non-hydrogen) atoms. The van der Waals surface area contributed by atoms with Crippen molar-refractivity contribution in [2.75, 3.05) is 6.54 Å². The summed E-state index contributed by atoms with van der Waals surface area (Å²) in [6, 6.07) is 16.0. The van der Waals surface area contributed by atoms with E-state index in [0.717, 1.165) is 29.4 Å². The van der Waals surface area contributed by atoms with E-state index in [4.69, 9.17) is 0 Å². The number of para-hydroxylation sites is 3. The lowest BCUT2D eigenvalue weighted by Gasteiger charge is -2.37. The van der Waals surface area contributed by atoms with Gasteiger partial charge in [0.1, 0.15) is 0 Å². The lowest BCUT2D eigenvalue weighted by Crippen LogP contribution is -2.41. The maximum Gasteiger partial charge on any atom is 0.326 e. The zero-order valence-electron chi connectivity index (χ0n) is 18.0. The van der Waals surface area contributed by atoms with Crippen LogP contribution >= 0.6 is 0 Å². The molecule has 0 saturated carbocycles. The number of nitrogens with one attached hydrogen (secondary N) is 2. The van der Waals surface area contributed by atoms with E-state index in [-0.39, 0.29) is 17.6 Å². The Morgan fingerprint density at radius 2 is 1.81 bits per heavy atom. The number of fused-ring (bicyclic) bond motifs is 4. The molecule has 1 aliphatic rings. The summed E-state index contributed by atoms with van der Waals surface area (Å²) in [6.07, 6.45) is 2.08. The number of imidazole rings is 1. The van der Waals surface area contributed by atoms with Crippen molar-refractivity contribution in [3.05, 3.63) is 70.3 Å². The highest BCUT2D eigenvalue weighted by Gasteiger charge is 2.33. The first kappa shape index (κ1) is 19.7. The lowest BCUT2D eigenvalue weighted by molar-refractivity contribution is -0.134. The number of aromatic nitrogens is 3. The topological polar surface area (TPSA) is 73.9 Å². The van der Waals surface area contributed by atoms with Crippen molar-refractivity contribution in [3.8, 4) is 0 Å². The third-order valence-corrected chi connectivity index (χ3v) is 6.40. The lowest BCUT2D eigenvalue weighted by atomic mass is 9.91. The molecule has 2 aromatic carbocycles. The van der Waals surface area contributed by atoms with Crippen molar-refractivity contribution in [2.24, 2.45) is 5.92 Å². The zero-order chi connectivity index (χ0) is 21.5. The van der Waals surface area contributed by atoms with Gasteiger partial charge in [-0.1, -0.05) is 44.2 Å². The van der Waals surface area contributed by atoms with Crippen molar-refractivity contribution in [1.29, 1.82) is 0 Å². The number of H-pyrrole nitrogens is 2. The molecule has 2 N–H and O–H groups in total. The van der Waals surface area contributed by atoms with Crippen LogP contribution < -0.4 is 5.69 Å². The summed E-state index contributed by atoms with van der Waals surface area (Å²) in [5, 5.41) is 1.27. The van der Waals surface area contributed by atoms with Crippen LogP contribution in [0.3, 0.4) is 0 Å². The molecule has 0 bridgehead atoms. The summed E-state index contributed by atoms with van der Waals surface area (Å²) >= 11 is 0. The molecule has 160 valence electrons. The molecule has 1 amide bonds. The minimum absolute atomic E-state index is 0.0448. The van der Waals surface area contributed by atoms with E-state index in [1.54, 1.807) is 4.57 Å². The summed E-state index contributed by atoms with van der Waals surface area (Å²) in [7, 11) is 0. The van der Waals surface area contributed by atoms with E-state index in [1.165, 1.54) is 16.6 Å². The molecule has 1 aliphatic heterocycles. The van der Waals surface area contributed by atoms with Crippen LogP contribution in [-0.2, 0) is 17.8 Å². The van der Waals surface area contributed by atoms with E-state index in [9.17, 15) is 9.59 Å². The second kappa shape index (κ2) is 7.76. The largest absolute Gasteiger partial charge is 0.356 e. The van der Waals surface area contributed by atoms with Crippen LogP contribution in [0.15, 0.2) is 53.3 Å². The fourth-order valence-corrected chi connectivity index (χ4v) is 4.99. The van der Waals surface area contributed by atoms with Crippen LogP contribution in [0.4, 0.5) is 0 Å². The maximum absolute atomic E-state index is 13.3. The Kier molecular flexibility index (Phi) is 4.93. The van der Waals surface area contributed by atoms with Crippen molar-refractivity contribution < 1.29 is 4.79 Å². The van der Waals surface area contributed by atoms with E-state index in [2.05, 4.69) is 42.0 Å². The number of amides is 1. The van der Waals surface area contributed by atoms with Gasteiger partial charge in [-0.25, -0.2) is 4.79 Å². The normalized spacial score (nSPS) is 16.4. The Hall–Kier alpha value is -3.28. The predicted molar refractivity (Wildman–Crippen MR) is 123 cm³/mol. The molecule has 5 rings (SSSR count). The van der Waals surface area contributed by atoms with E-state index < -0.39 is 0 Å². The number of aryl methyl sites for hydroxylation is 1. The standard InChI is InChI=1S/C25H28N4O2/c1-16(2)15-22-24-18(17-7-3-4-8-19(17)26-24)11-13-28(22)23(30)12-14-29-21-10-6-5-9-20(21)27-25(29)31/h3-10,16,22,26H,11-15H2,1-2H3,(H,27,31). The second-order valence-corrected chi connectivity index (χ2v) is 8.89. The number of carbonyl (C=O) groups is 1. The highest BCUT2D eigenvalue weighted by Crippen LogP contribution is 2.38. The van der Waals surface area contributed by atoms with Gasteiger partial charge in [0.15, 0.2) is 0 Å². The maximum atomic E-state index is 13.3. The van der Waals surface area contributed by atoms with Gasteiger partial charge in [0.05, 0.1) is 17.1 Å². The van der Waals surface area contributed by atoms with Crippen LogP contribution in [0.1, 0.15) is 44.0 Å². The minimum Gasteiger partial charge on any atom is -0.356 e. The first-order chi connectivity index (χ1) is 15.0. The van der Waals surface area contributed by atoms with Crippen LogP contribution in [0.25, 0.3) is 21.9 Å². The van der Waals surface area contributed by atoms with E-state index in [0.29, 0.717) is 25.4 Å².